The van der Waals surface area contributed by atoms with Gasteiger partial charge in [0, 0.05) is 25.5 Å². The number of anilines is 1. The molecule has 0 radical (unpaired) electrons. The van der Waals surface area contributed by atoms with E-state index < -0.39 is 6.17 Å². The number of ether oxygens (including phenoxy) is 1. The minimum absolute atomic E-state index is 0.00503. The van der Waals surface area contributed by atoms with Gasteiger partial charge in [-0.1, -0.05) is 12.1 Å². The van der Waals surface area contributed by atoms with Crippen molar-refractivity contribution in [2.24, 2.45) is 17.8 Å². The van der Waals surface area contributed by atoms with Gasteiger partial charge in [-0.25, -0.2) is 14.4 Å². The van der Waals surface area contributed by atoms with E-state index in [4.69, 9.17) is 4.74 Å². The molecule has 1 aliphatic carbocycles. The Balaban J connectivity index is 0.991. The van der Waals surface area contributed by atoms with Gasteiger partial charge in [0.15, 0.2) is 0 Å². The second-order valence-electron chi connectivity index (χ2n) is 9.90. The summed E-state index contributed by atoms with van der Waals surface area (Å²) in [5.41, 5.74) is 2.04. The average Bonchev–Trinajstić information content (AvgIpc) is 3.58. The van der Waals surface area contributed by atoms with E-state index in [1.807, 2.05) is 43.6 Å². The van der Waals surface area contributed by atoms with Crippen LogP contribution >= 0.6 is 0 Å². The molecule has 3 fully saturated rings. The summed E-state index contributed by atoms with van der Waals surface area (Å²) in [7, 11) is 0. The first-order chi connectivity index (χ1) is 16.0. The van der Waals surface area contributed by atoms with Gasteiger partial charge >= 0.3 is 0 Å². The first kappa shape index (κ1) is 22.1. The molecule has 0 bridgehead atoms. The summed E-state index contributed by atoms with van der Waals surface area (Å²) in [6, 6.07) is 7.74. The van der Waals surface area contributed by atoms with E-state index in [0.29, 0.717) is 6.42 Å². The fraction of sp³-hybridized carbons (Fsp3) is 0.577. The van der Waals surface area contributed by atoms with E-state index in [0.717, 1.165) is 66.7 Å². The van der Waals surface area contributed by atoms with Crippen molar-refractivity contribution in [3.63, 3.8) is 0 Å². The van der Waals surface area contributed by atoms with Crippen LogP contribution in [0.4, 0.5) is 10.3 Å². The predicted molar refractivity (Wildman–Crippen MR) is 125 cm³/mol. The van der Waals surface area contributed by atoms with E-state index in [-0.39, 0.29) is 19.0 Å². The van der Waals surface area contributed by atoms with Gasteiger partial charge in [0.1, 0.15) is 11.9 Å². The van der Waals surface area contributed by atoms with Crippen molar-refractivity contribution in [2.75, 3.05) is 37.7 Å². The minimum atomic E-state index is -0.850. The molecule has 2 atom stereocenters. The van der Waals surface area contributed by atoms with Gasteiger partial charge in [-0.05, 0) is 73.6 Å². The van der Waals surface area contributed by atoms with Gasteiger partial charge in [0.05, 0.1) is 26.1 Å². The quantitative estimate of drug-likeness (QED) is 0.609. The van der Waals surface area contributed by atoms with Gasteiger partial charge in [0.2, 0.25) is 11.9 Å². The average molecular weight is 453 g/mol. The number of nitrogens with zero attached hydrogens (tertiary/aromatic N) is 4. The third-order valence-corrected chi connectivity index (χ3v) is 7.40. The van der Waals surface area contributed by atoms with Crippen LogP contribution in [0.5, 0.6) is 5.75 Å². The lowest BCUT2D eigenvalue weighted by Crippen LogP contribution is -2.51. The van der Waals surface area contributed by atoms with Crippen molar-refractivity contribution in [1.82, 2.24) is 14.9 Å². The molecule has 1 saturated carbocycles. The number of aryl methyl sites for hydroxylation is 1. The summed E-state index contributed by atoms with van der Waals surface area (Å²) < 4.78 is 18.9. The Labute approximate surface area is 195 Å². The molecule has 1 amide bonds. The molecule has 1 aromatic heterocycles. The standard InChI is InChI=1S/C26H33FN4O2/c1-18-14-28-26(29-15-18)30-9-6-20(7-10-30)24-13-21(24)8-11-33-23-4-2-19(3-5-23)12-25(32)31-16-22(27)17-31/h2-5,14-15,20-22,24H,6-13,16-17H2,1H3/t21-,24-/m1/s1. The number of amides is 1. The number of halogens is 1. The van der Waals surface area contributed by atoms with Crippen molar-refractivity contribution in [3.05, 3.63) is 47.8 Å². The molecule has 0 spiro atoms. The summed E-state index contributed by atoms with van der Waals surface area (Å²) in [6.07, 6.45) is 8.15. The van der Waals surface area contributed by atoms with Crippen LogP contribution in [-0.2, 0) is 11.2 Å². The van der Waals surface area contributed by atoms with Crippen LogP contribution in [0.25, 0.3) is 0 Å². The van der Waals surface area contributed by atoms with Gasteiger partial charge in [-0.15, -0.1) is 0 Å². The third kappa shape index (κ3) is 5.45. The Morgan fingerprint density at radius 2 is 1.82 bits per heavy atom. The first-order valence-electron chi connectivity index (χ1n) is 12.2. The summed E-state index contributed by atoms with van der Waals surface area (Å²) in [6.45, 7) is 5.33. The topological polar surface area (TPSA) is 58.6 Å². The van der Waals surface area contributed by atoms with Crippen LogP contribution < -0.4 is 9.64 Å². The number of benzene rings is 1. The maximum absolute atomic E-state index is 12.9. The fourth-order valence-electron chi connectivity index (χ4n) is 5.20. The Morgan fingerprint density at radius 3 is 2.48 bits per heavy atom. The number of carbonyl (C=O) groups is 1. The molecule has 3 aliphatic rings. The number of hydrogen-bond donors (Lipinski definition) is 0. The number of likely N-dealkylation sites (tertiary alicyclic amines) is 1. The molecule has 0 unspecified atom stereocenters. The molecule has 2 aliphatic heterocycles. The van der Waals surface area contributed by atoms with Crippen molar-refractivity contribution >= 4 is 11.9 Å². The lowest BCUT2D eigenvalue weighted by molar-refractivity contribution is -0.137. The Bertz CT molecular complexity index is 938. The van der Waals surface area contributed by atoms with Gasteiger partial charge in [0.25, 0.3) is 0 Å². The van der Waals surface area contributed by atoms with Crippen LogP contribution in [0.1, 0.15) is 36.8 Å². The Kier molecular flexibility index (Phi) is 6.47. The van der Waals surface area contributed by atoms with Gasteiger partial charge < -0.3 is 14.5 Å². The molecule has 33 heavy (non-hydrogen) atoms. The highest BCUT2D eigenvalue weighted by molar-refractivity contribution is 5.79. The molecule has 5 rings (SSSR count). The molecular formula is C26H33FN4O2. The fourth-order valence-corrected chi connectivity index (χ4v) is 5.20. The van der Waals surface area contributed by atoms with Gasteiger partial charge in [-0.2, -0.15) is 0 Å². The molecule has 2 saturated heterocycles. The number of hydrogen-bond acceptors (Lipinski definition) is 5. The maximum Gasteiger partial charge on any atom is 0.227 e. The second-order valence-corrected chi connectivity index (χ2v) is 9.90. The van der Waals surface area contributed by atoms with Crippen molar-refractivity contribution in [1.29, 1.82) is 0 Å². The van der Waals surface area contributed by atoms with Crippen LogP contribution in [0, 0.1) is 24.7 Å². The van der Waals surface area contributed by atoms with Crippen LogP contribution in [0.15, 0.2) is 36.7 Å². The molecular weight excluding hydrogens is 419 g/mol. The highest BCUT2D eigenvalue weighted by atomic mass is 19.1. The zero-order valence-corrected chi connectivity index (χ0v) is 19.3. The molecule has 6 nitrogen and oxygen atoms in total. The van der Waals surface area contributed by atoms with E-state index >= 15 is 0 Å². The Morgan fingerprint density at radius 1 is 1.12 bits per heavy atom. The first-order valence-corrected chi connectivity index (χ1v) is 12.2. The summed E-state index contributed by atoms with van der Waals surface area (Å²) in [5.74, 6) is 4.15. The molecule has 176 valence electrons. The molecule has 3 heterocycles. The monoisotopic (exact) mass is 452 g/mol. The third-order valence-electron chi connectivity index (χ3n) is 7.40. The number of carbonyl (C=O) groups excluding carboxylic acids is 1. The lowest BCUT2D eigenvalue weighted by Gasteiger charge is -2.34. The molecule has 7 heteroatoms. The zero-order chi connectivity index (χ0) is 22.8. The molecule has 1 aromatic carbocycles. The number of alkyl halides is 1. The van der Waals surface area contributed by atoms with Crippen LogP contribution in [0.3, 0.4) is 0 Å². The smallest absolute Gasteiger partial charge is 0.227 e. The maximum atomic E-state index is 12.9. The van der Waals surface area contributed by atoms with Crippen molar-refractivity contribution in [2.45, 2.75) is 45.2 Å². The van der Waals surface area contributed by atoms with Gasteiger partial charge in [-0.3, -0.25) is 4.79 Å². The zero-order valence-electron chi connectivity index (χ0n) is 19.3. The van der Waals surface area contributed by atoms with E-state index in [2.05, 4.69) is 14.9 Å². The SMILES string of the molecule is Cc1cnc(N2CCC([C@H]3C[C@H]3CCOc3ccc(CC(=O)N4CC(F)C4)cc3)CC2)nc1. The van der Waals surface area contributed by atoms with Crippen LogP contribution in [0.2, 0.25) is 0 Å². The van der Waals surface area contributed by atoms with Crippen molar-refractivity contribution < 1.29 is 13.9 Å². The summed E-state index contributed by atoms with van der Waals surface area (Å²) in [4.78, 5) is 24.9. The van der Waals surface area contributed by atoms with Crippen molar-refractivity contribution in [3.8, 4) is 5.75 Å². The summed E-state index contributed by atoms with van der Waals surface area (Å²) in [5, 5.41) is 0. The number of aromatic nitrogens is 2. The molecule has 2 aromatic rings. The lowest BCUT2D eigenvalue weighted by atomic mass is 9.90. The molecule has 0 N–H and O–H groups in total. The minimum Gasteiger partial charge on any atom is -0.494 e. The number of piperidine rings is 1. The highest BCUT2D eigenvalue weighted by Gasteiger charge is 2.43. The predicted octanol–water partition coefficient (Wildman–Crippen LogP) is 3.83. The Hall–Kier alpha value is -2.70. The summed E-state index contributed by atoms with van der Waals surface area (Å²) >= 11 is 0. The highest BCUT2D eigenvalue weighted by Crippen LogP contribution is 2.49. The van der Waals surface area contributed by atoms with E-state index in [1.165, 1.54) is 19.3 Å². The number of rotatable bonds is 8. The van der Waals surface area contributed by atoms with Crippen LogP contribution in [-0.4, -0.2) is 59.7 Å². The van der Waals surface area contributed by atoms with E-state index in [9.17, 15) is 9.18 Å². The van der Waals surface area contributed by atoms with E-state index in [1.54, 1.807) is 4.90 Å². The normalized spacial score (nSPS) is 23.3. The largest absolute Gasteiger partial charge is 0.494 e. The second kappa shape index (κ2) is 9.65.